The van der Waals surface area contributed by atoms with Crippen LogP contribution in [0.25, 0.3) is 0 Å². The summed E-state index contributed by atoms with van der Waals surface area (Å²) < 4.78 is 31.0. The molecule has 0 amide bonds. The molecule has 7 heteroatoms. The minimum absolute atomic E-state index is 0.109. The molecular formula is C6H5N3O3S. The molecule has 1 aliphatic heterocycles. The minimum Gasteiger partial charge on any atom is -0.283 e. The SMILES string of the molecule is O=S(=O)(O)C12C=CC=CC1=NN=N2. The third-order valence-electron chi connectivity index (χ3n) is 1.79. The lowest BCUT2D eigenvalue weighted by Crippen LogP contribution is -2.40. The molecule has 6 nitrogen and oxygen atoms in total. The molecule has 1 unspecified atom stereocenters. The van der Waals surface area contributed by atoms with Crippen LogP contribution in [0.5, 0.6) is 0 Å². The van der Waals surface area contributed by atoms with Crippen LogP contribution in [0, 0.1) is 0 Å². The summed E-state index contributed by atoms with van der Waals surface area (Å²) in [4.78, 5) is -1.80. The fraction of sp³-hybridized carbons (Fsp3) is 0.167. The van der Waals surface area contributed by atoms with Crippen molar-refractivity contribution in [3.05, 3.63) is 24.3 Å². The molecule has 0 aromatic heterocycles. The van der Waals surface area contributed by atoms with Gasteiger partial charge in [0.15, 0.2) is 0 Å². The first-order valence-corrected chi connectivity index (χ1v) is 4.83. The van der Waals surface area contributed by atoms with Crippen molar-refractivity contribution in [2.45, 2.75) is 4.87 Å². The monoisotopic (exact) mass is 199 g/mol. The summed E-state index contributed by atoms with van der Waals surface area (Å²) >= 11 is 0. The Balaban J connectivity index is 2.67. The average molecular weight is 199 g/mol. The molecule has 1 heterocycles. The van der Waals surface area contributed by atoms with Gasteiger partial charge in [0.2, 0.25) is 0 Å². The number of hydrogen-bond donors (Lipinski definition) is 1. The van der Waals surface area contributed by atoms with E-state index in [9.17, 15) is 8.42 Å². The average Bonchev–Trinajstić information content (AvgIpc) is 2.46. The molecule has 1 aliphatic carbocycles. The summed E-state index contributed by atoms with van der Waals surface area (Å²) in [6.45, 7) is 0. The normalized spacial score (nSPS) is 30.4. The third-order valence-corrected chi connectivity index (χ3v) is 3.01. The van der Waals surface area contributed by atoms with Crippen LogP contribution in [0.1, 0.15) is 0 Å². The van der Waals surface area contributed by atoms with Gasteiger partial charge in [-0.3, -0.25) is 4.55 Å². The van der Waals surface area contributed by atoms with Crippen molar-refractivity contribution in [2.24, 2.45) is 15.4 Å². The molecule has 13 heavy (non-hydrogen) atoms. The van der Waals surface area contributed by atoms with E-state index < -0.39 is 15.0 Å². The number of hydrogen-bond acceptors (Lipinski definition) is 5. The van der Waals surface area contributed by atoms with E-state index in [1.807, 2.05) is 0 Å². The van der Waals surface area contributed by atoms with Gasteiger partial charge < -0.3 is 0 Å². The van der Waals surface area contributed by atoms with Gasteiger partial charge in [0.25, 0.3) is 4.87 Å². The number of nitrogens with zero attached hydrogens (tertiary/aromatic N) is 3. The van der Waals surface area contributed by atoms with E-state index in [-0.39, 0.29) is 5.71 Å². The second-order valence-electron chi connectivity index (χ2n) is 2.56. The third kappa shape index (κ3) is 0.973. The van der Waals surface area contributed by atoms with Gasteiger partial charge in [0, 0.05) is 0 Å². The first-order valence-electron chi connectivity index (χ1n) is 3.39. The van der Waals surface area contributed by atoms with Gasteiger partial charge in [0.1, 0.15) is 5.71 Å². The second kappa shape index (κ2) is 2.33. The summed E-state index contributed by atoms with van der Waals surface area (Å²) in [5, 5.41) is 10.1. The molecule has 2 aliphatic rings. The Labute approximate surface area is 74.1 Å². The van der Waals surface area contributed by atoms with Gasteiger partial charge >= 0.3 is 10.1 Å². The molecule has 0 aromatic rings. The molecule has 1 atom stereocenters. The van der Waals surface area contributed by atoms with Crippen LogP contribution in [0.2, 0.25) is 0 Å². The van der Waals surface area contributed by atoms with Gasteiger partial charge in [-0.25, -0.2) is 0 Å². The Morgan fingerprint density at radius 3 is 2.77 bits per heavy atom. The molecule has 0 saturated carbocycles. The molecule has 0 fully saturated rings. The maximum atomic E-state index is 11.0. The maximum absolute atomic E-state index is 11.0. The first-order chi connectivity index (χ1) is 6.06. The highest BCUT2D eigenvalue weighted by Crippen LogP contribution is 2.30. The topological polar surface area (TPSA) is 91.5 Å². The molecule has 68 valence electrons. The molecule has 0 saturated heterocycles. The standard InChI is InChI=1S/C6H5N3O3S/c10-13(11,12)6-4-2-1-3-5(6)7-9-8-6/h1-4H,(H,10,11,12). The quantitative estimate of drug-likeness (QED) is 0.624. The summed E-state index contributed by atoms with van der Waals surface area (Å²) in [6.07, 6.45) is 5.74. The van der Waals surface area contributed by atoms with Crippen molar-refractivity contribution in [1.82, 2.24) is 0 Å². The predicted octanol–water partition coefficient (Wildman–Crippen LogP) is 0.518. The number of allylic oxidation sites excluding steroid dienone is 2. The molecular weight excluding hydrogens is 194 g/mol. The number of fused-ring (bicyclic) bond motifs is 1. The van der Waals surface area contributed by atoms with E-state index >= 15 is 0 Å². The van der Waals surface area contributed by atoms with E-state index in [2.05, 4.69) is 15.4 Å². The zero-order valence-electron chi connectivity index (χ0n) is 6.32. The fourth-order valence-electron chi connectivity index (χ4n) is 1.13. The van der Waals surface area contributed by atoms with Crippen molar-refractivity contribution in [2.75, 3.05) is 0 Å². The van der Waals surface area contributed by atoms with Gasteiger partial charge in [0.05, 0.1) is 0 Å². The molecule has 0 aromatic carbocycles. The summed E-state index contributed by atoms with van der Waals surface area (Å²) in [5.74, 6) is 0. The Kier molecular flexibility index (Phi) is 1.48. The zero-order valence-corrected chi connectivity index (χ0v) is 7.14. The van der Waals surface area contributed by atoms with Crippen molar-refractivity contribution >= 4 is 15.8 Å². The van der Waals surface area contributed by atoms with E-state index in [0.29, 0.717) is 0 Å². The smallest absolute Gasteiger partial charge is 0.283 e. The van der Waals surface area contributed by atoms with Crippen molar-refractivity contribution in [1.29, 1.82) is 0 Å². The second-order valence-corrected chi connectivity index (χ2v) is 4.14. The Hall–Kier alpha value is -1.34. The lowest BCUT2D eigenvalue weighted by molar-refractivity contribution is 0.467. The zero-order chi connectivity index (χ0) is 9.53. The van der Waals surface area contributed by atoms with Crippen LogP contribution >= 0.6 is 0 Å². The van der Waals surface area contributed by atoms with Crippen LogP contribution in [-0.2, 0) is 10.1 Å². The highest BCUT2D eigenvalue weighted by Gasteiger charge is 2.49. The van der Waals surface area contributed by atoms with Crippen molar-refractivity contribution in [3.63, 3.8) is 0 Å². The summed E-state index contributed by atoms with van der Waals surface area (Å²) in [6, 6.07) is 0. The van der Waals surface area contributed by atoms with E-state index in [1.54, 1.807) is 6.08 Å². The van der Waals surface area contributed by atoms with Gasteiger partial charge in [-0.2, -0.15) is 8.42 Å². The van der Waals surface area contributed by atoms with Crippen molar-refractivity contribution in [3.8, 4) is 0 Å². The predicted molar refractivity (Wildman–Crippen MR) is 44.9 cm³/mol. The Morgan fingerprint density at radius 2 is 2.15 bits per heavy atom. The highest BCUT2D eigenvalue weighted by molar-refractivity contribution is 7.88. The fourth-order valence-corrected chi connectivity index (χ4v) is 1.90. The molecule has 0 spiro atoms. The van der Waals surface area contributed by atoms with Crippen molar-refractivity contribution < 1.29 is 13.0 Å². The first kappa shape index (κ1) is 8.27. The van der Waals surface area contributed by atoms with Crippen LogP contribution in [0.3, 0.4) is 0 Å². The van der Waals surface area contributed by atoms with E-state index in [1.165, 1.54) is 18.2 Å². The van der Waals surface area contributed by atoms with E-state index in [0.717, 1.165) is 0 Å². The summed E-state index contributed by atoms with van der Waals surface area (Å²) in [7, 11) is -4.35. The van der Waals surface area contributed by atoms with Gasteiger partial charge in [-0.15, -0.1) is 10.2 Å². The molecule has 1 N–H and O–H groups in total. The summed E-state index contributed by atoms with van der Waals surface area (Å²) in [5.41, 5.74) is 0.109. The molecule has 0 bridgehead atoms. The van der Waals surface area contributed by atoms with Crippen LogP contribution in [0.4, 0.5) is 0 Å². The van der Waals surface area contributed by atoms with Crippen LogP contribution < -0.4 is 0 Å². The molecule has 2 rings (SSSR count). The van der Waals surface area contributed by atoms with Gasteiger partial charge in [-0.1, -0.05) is 12.2 Å². The largest absolute Gasteiger partial charge is 0.303 e. The van der Waals surface area contributed by atoms with Gasteiger partial charge in [-0.05, 0) is 17.4 Å². The van der Waals surface area contributed by atoms with Crippen LogP contribution in [-0.4, -0.2) is 23.6 Å². The minimum atomic E-state index is -4.35. The lowest BCUT2D eigenvalue weighted by atomic mass is 10.1. The van der Waals surface area contributed by atoms with E-state index in [4.69, 9.17) is 4.55 Å². The lowest BCUT2D eigenvalue weighted by Gasteiger charge is -2.18. The Bertz CT molecular complexity index is 460. The maximum Gasteiger partial charge on any atom is 0.303 e. The molecule has 0 radical (unpaired) electrons. The Morgan fingerprint density at radius 1 is 1.38 bits per heavy atom. The number of rotatable bonds is 1. The van der Waals surface area contributed by atoms with Crippen LogP contribution in [0.15, 0.2) is 39.7 Å². The highest BCUT2D eigenvalue weighted by atomic mass is 32.2.